The van der Waals surface area contributed by atoms with Crippen LogP contribution in [-0.4, -0.2) is 32.5 Å². The Labute approximate surface area is 121 Å². The molecule has 20 heavy (non-hydrogen) atoms. The summed E-state index contributed by atoms with van der Waals surface area (Å²) in [6, 6.07) is 6.39. The third-order valence-corrected chi connectivity index (χ3v) is 4.01. The smallest absolute Gasteiger partial charge is 0.147 e. The van der Waals surface area contributed by atoms with Crippen LogP contribution in [0.2, 0.25) is 0 Å². The molecule has 0 bridgehead atoms. The summed E-state index contributed by atoms with van der Waals surface area (Å²) >= 11 is 0. The van der Waals surface area contributed by atoms with Crippen molar-refractivity contribution in [1.82, 2.24) is 5.32 Å². The van der Waals surface area contributed by atoms with Gasteiger partial charge in [-0.3, -0.25) is 0 Å². The summed E-state index contributed by atoms with van der Waals surface area (Å²) < 4.78 is 36.0. The Morgan fingerprint density at radius 1 is 1.30 bits per heavy atom. The van der Waals surface area contributed by atoms with Gasteiger partial charge in [0.05, 0.1) is 5.75 Å². The second-order valence-corrected chi connectivity index (χ2v) is 8.56. The van der Waals surface area contributed by atoms with E-state index in [1.54, 1.807) is 6.07 Å². The molecule has 1 atom stereocenters. The SMILES string of the molecule is CC(C)(C)NCC(CCS(C)(=O)=O)c1cccc(F)c1. The Kier molecular flexibility index (Phi) is 5.71. The highest BCUT2D eigenvalue weighted by molar-refractivity contribution is 7.90. The Hall–Kier alpha value is -0.940. The van der Waals surface area contributed by atoms with Gasteiger partial charge in [-0.2, -0.15) is 0 Å². The summed E-state index contributed by atoms with van der Waals surface area (Å²) in [5.74, 6) is -0.192. The Morgan fingerprint density at radius 3 is 2.45 bits per heavy atom. The molecule has 0 amide bonds. The molecule has 1 aromatic carbocycles. The van der Waals surface area contributed by atoms with Crippen molar-refractivity contribution in [1.29, 1.82) is 0 Å². The van der Waals surface area contributed by atoms with Crippen LogP contribution in [0.4, 0.5) is 4.39 Å². The number of benzene rings is 1. The lowest BCUT2D eigenvalue weighted by molar-refractivity contribution is 0.402. The zero-order valence-corrected chi connectivity index (χ0v) is 13.4. The maximum absolute atomic E-state index is 13.3. The van der Waals surface area contributed by atoms with Crippen molar-refractivity contribution < 1.29 is 12.8 Å². The monoisotopic (exact) mass is 301 g/mol. The van der Waals surface area contributed by atoms with Gasteiger partial charge in [0, 0.05) is 18.3 Å². The van der Waals surface area contributed by atoms with Crippen LogP contribution in [0.15, 0.2) is 24.3 Å². The lowest BCUT2D eigenvalue weighted by Gasteiger charge is -2.25. The summed E-state index contributed by atoms with van der Waals surface area (Å²) in [5, 5.41) is 3.36. The molecule has 114 valence electrons. The molecule has 1 N–H and O–H groups in total. The minimum Gasteiger partial charge on any atom is -0.311 e. The Morgan fingerprint density at radius 2 is 1.95 bits per heavy atom. The van der Waals surface area contributed by atoms with Gasteiger partial charge in [0.2, 0.25) is 0 Å². The van der Waals surface area contributed by atoms with Crippen LogP contribution in [0.25, 0.3) is 0 Å². The maximum Gasteiger partial charge on any atom is 0.147 e. The van der Waals surface area contributed by atoms with E-state index in [-0.39, 0.29) is 23.0 Å². The van der Waals surface area contributed by atoms with E-state index in [4.69, 9.17) is 0 Å². The van der Waals surface area contributed by atoms with E-state index in [0.29, 0.717) is 13.0 Å². The first kappa shape index (κ1) is 17.1. The van der Waals surface area contributed by atoms with Crippen LogP contribution >= 0.6 is 0 Å². The van der Waals surface area contributed by atoms with E-state index < -0.39 is 9.84 Å². The number of hydrogen-bond acceptors (Lipinski definition) is 3. The molecule has 0 radical (unpaired) electrons. The van der Waals surface area contributed by atoms with Crippen molar-refractivity contribution in [3.05, 3.63) is 35.6 Å². The molecule has 5 heteroatoms. The van der Waals surface area contributed by atoms with Crippen molar-refractivity contribution in [2.45, 2.75) is 38.6 Å². The third-order valence-electron chi connectivity index (χ3n) is 3.04. The normalized spacial score (nSPS) is 14.2. The molecule has 3 nitrogen and oxygen atoms in total. The fraction of sp³-hybridized carbons (Fsp3) is 0.600. The lowest BCUT2D eigenvalue weighted by Crippen LogP contribution is -2.38. The Balaban J connectivity index is 2.83. The summed E-state index contributed by atoms with van der Waals surface area (Å²) in [7, 11) is -3.01. The average molecular weight is 301 g/mol. The van der Waals surface area contributed by atoms with Gasteiger partial charge in [0.1, 0.15) is 15.7 Å². The molecule has 1 rings (SSSR count). The Bertz CT molecular complexity index is 535. The average Bonchev–Trinajstić information content (AvgIpc) is 2.26. The molecule has 0 heterocycles. The molecular weight excluding hydrogens is 277 g/mol. The standard InChI is InChI=1S/C15H24FNO2S/c1-15(2,3)17-11-13(8-9-20(4,18)19)12-6-5-7-14(16)10-12/h5-7,10,13,17H,8-9,11H2,1-4H3. The summed E-state index contributed by atoms with van der Waals surface area (Å²) in [6.45, 7) is 6.77. The fourth-order valence-electron chi connectivity index (χ4n) is 1.93. The predicted molar refractivity (Wildman–Crippen MR) is 81.2 cm³/mol. The predicted octanol–water partition coefficient (Wildman–Crippen LogP) is 2.73. The lowest BCUT2D eigenvalue weighted by atomic mass is 9.95. The molecule has 0 aliphatic rings. The number of halogens is 1. The van der Waals surface area contributed by atoms with Crippen LogP contribution in [0, 0.1) is 5.82 Å². The number of hydrogen-bond donors (Lipinski definition) is 1. The first-order chi connectivity index (χ1) is 9.07. The van der Waals surface area contributed by atoms with Crippen molar-refractivity contribution in [2.24, 2.45) is 0 Å². The molecule has 0 aromatic heterocycles. The first-order valence-electron chi connectivity index (χ1n) is 6.75. The van der Waals surface area contributed by atoms with Crippen LogP contribution < -0.4 is 5.32 Å². The second kappa shape index (κ2) is 6.68. The maximum atomic E-state index is 13.3. The number of rotatable bonds is 6. The molecule has 0 fully saturated rings. The van der Waals surface area contributed by atoms with Gasteiger partial charge in [-0.25, -0.2) is 12.8 Å². The molecule has 0 saturated heterocycles. The molecule has 1 unspecified atom stereocenters. The van der Waals surface area contributed by atoms with E-state index in [1.807, 2.05) is 26.8 Å². The zero-order chi connectivity index (χ0) is 15.4. The van der Waals surface area contributed by atoms with Crippen LogP contribution in [0.3, 0.4) is 0 Å². The van der Waals surface area contributed by atoms with E-state index in [0.717, 1.165) is 5.56 Å². The molecule has 1 aromatic rings. The molecule has 0 aliphatic carbocycles. The minimum atomic E-state index is -3.01. The van der Waals surface area contributed by atoms with E-state index >= 15 is 0 Å². The van der Waals surface area contributed by atoms with Crippen molar-refractivity contribution in [2.75, 3.05) is 18.6 Å². The van der Waals surface area contributed by atoms with Crippen molar-refractivity contribution in [3.8, 4) is 0 Å². The molecular formula is C15H24FNO2S. The van der Waals surface area contributed by atoms with E-state index in [1.165, 1.54) is 18.4 Å². The first-order valence-corrected chi connectivity index (χ1v) is 8.81. The number of sulfone groups is 1. The minimum absolute atomic E-state index is 0.0142. The zero-order valence-electron chi connectivity index (χ0n) is 12.6. The van der Waals surface area contributed by atoms with E-state index in [9.17, 15) is 12.8 Å². The van der Waals surface area contributed by atoms with Gasteiger partial charge in [-0.1, -0.05) is 12.1 Å². The van der Waals surface area contributed by atoms with Crippen molar-refractivity contribution in [3.63, 3.8) is 0 Å². The number of nitrogens with one attached hydrogen (secondary N) is 1. The fourth-order valence-corrected chi connectivity index (χ4v) is 2.65. The van der Waals surface area contributed by atoms with Gasteiger partial charge in [0.15, 0.2) is 0 Å². The molecule has 0 spiro atoms. The summed E-state index contributed by atoms with van der Waals surface area (Å²) in [6.07, 6.45) is 1.72. The van der Waals surface area contributed by atoms with Gasteiger partial charge in [-0.05, 0) is 50.8 Å². The quantitative estimate of drug-likeness (QED) is 0.879. The highest BCUT2D eigenvalue weighted by Gasteiger charge is 2.18. The van der Waals surface area contributed by atoms with Crippen LogP contribution in [0.1, 0.15) is 38.7 Å². The van der Waals surface area contributed by atoms with Gasteiger partial charge >= 0.3 is 0 Å². The van der Waals surface area contributed by atoms with Gasteiger partial charge in [0.25, 0.3) is 0 Å². The van der Waals surface area contributed by atoms with Gasteiger partial charge < -0.3 is 5.32 Å². The van der Waals surface area contributed by atoms with Crippen molar-refractivity contribution >= 4 is 9.84 Å². The van der Waals surface area contributed by atoms with Crippen LogP contribution in [-0.2, 0) is 9.84 Å². The molecule has 0 aliphatic heterocycles. The molecule has 0 saturated carbocycles. The highest BCUT2D eigenvalue weighted by Crippen LogP contribution is 2.21. The topological polar surface area (TPSA) is 46.2 Å². The van der Waals surface area contributed by atoms with Crippen LogP contribution in [0.5, 0.6) is 0 Å². The van der Waals surface area contributed by atoms with E-state index in [2.05, 4.69) is 5.32 Å². The second-order valence-electron chi connectivity index (χ2n) is 6.30. The van der Waals surface area contributed by atoms with Gasteiger partial charge in [-0.15, -0.1) is 0 Å². The third kappa shape index (κ3) is 7.01. The summed E-state index contributed by atoms with van der Waals surface area (Å²) in [4.78, 5) is 0. The summed E-state index contributed by atoms with van der Waals surface area (Å²) in [5.41, 5.74) is 0.779. The largest absolute Gasteiger partial charge is 0.311 e. The highest BCUT2D eigenvalue weighted by atomic mass is 32.2.